The van der Waals surface area contributed by atoms with Crippen molar-refractivity contribution in [1.82, 2.24) is 5.32 Å². The van der Waals surface area contributed by atoms with Crippen LogP contribution in [0, 0.1) is 0 Å². The maximum Gasteiger partial charge on any atom is 0.0654 e. The van der Waals surface area contributed by atoms with Crippen LogP contribution >= 0.6 is 23.2 Å². The first-order valence-corrected chi connectivity index (χ1v) is 6.89. The van der Waals surface area contributed by atoms with E-state index in [4.69, 9.17) is 23.2 Å². The highest BCUT2D eigenvalue weighted by molar-refractivity contribution is 6.36. The zero-order chi connectivity index (χ0) is 12.3. The molecule has 1 saturated heterocycles. The summed E-state index contributed by atoms with van der Waals surface area (Å²) in [5.41, 5.74) is 1.10. The molecular formula is C13H18Cl2N2. The number of nitrogens with one attached hydrogen (secondary N) is 1. The van der Waals surface area contributed by atoms with Crippen molar-refractivity contribution in [2.24, 2.45) is 0 Å². The molecule has 94 valence electrons. The summed E-state index contributed by atoms with van der Waals surface area (Å²) in [5, 5.41) is 4.94. The highest BCUT2D eigenvalue weighted by Crippen LogP contribution is 2.30. The van der Waals surface area contributed by atoms with Gasteiger partial charge in [0.05, 0.1) is 10.7 Å². The van der Waals surface area contributed by atoms with E-state index in [0.717, 1.165) is 30.3 Å². The number of piperidine rings is 1. The van der Waals surface area contributed by atoms with Crippen molar-refractivity contribution in [2.75, 3.05) is 24.5 Å². The first-order chi connectivity index (χ1) is 8.20. The fraction of sp³-hybridized carbons (Fsp3) is 0.538. The van der Waals surface area contributed by atoms with E-state index in [1.54, 1.807) is 0 Å². The normalized spacial score (nSPS) is 17.5. The molecule has 1 N–H and O–H groups in total. The average molecular weight is 273 g/mol. The van der Waals surface area contributed by atoms with Gasteiger partial charge in [0.15, 0.2) is 0 Å². The van der Waals surface area contributed by atoms with Crippen LogP contribution in [0.3, 0.4) is 0 Å². The second-order valence-electron chi connectivity index (χ2n) is 4.41. The summed E-state index contributed by atoms with van der Waals surface area (Å²) in [7, 11) is 0. The summed E-state index contributed by atoms with van der Waals surface area (Å²) in [5.74, 6) is 0. The SMILES string of the molecule is CCNC1CCN(c2ccc(Cl)cc2Cl)CC1. The summed E-state index contributed by atoms with van der Waals surface area (Å²) in [6.45, 7) is 5.31. The lowest BCUT2D eigenvalue weighted by Crippen LogP contribution is -2.42. The lowest BCUT2D eigenvalue weighted by atomic mass is 10.0. The van der Waals surface area contributed by atoms with Crippen molar-refractivity contribution in [3.8, 4) is 0 Å². The highest BCUT2D eigenvalue weighted by Gasteiger charge is 2.19. The van der Waals surface area contributed by atoms with E-state index in [-0.39, 0.29) is 0 Å². The fourth-order valence-electron chi connectivity index (χ4n) is 2.35. The van der Waals surface area contributed by atoms with E-state index in [9.17, 15) is 0 Å². The Labute approximate surface area is 113 Å². The molecule has 2 nitrogen and oxygen atoms in total. The van der Waals surface area contributed by atoms with Crippen molar-refractivity contribution in [3.63, 3.8) is 0 Å². The summed E-state index contributed by atoms with van der Waals surface area (Å²) in [6, 6.07) is 6.38. The lowest BCUT2D eigenvalue weighted by Gasteiger charge is -2.34. The predicted octanol–water partition coefficient (Wildman–Crippen LogP) is 3.57. The number of rotatable bonds is 3. The van der Waals surface area contributed by atoms with E-state index >= 15 is 0 Å². The topological polar surface area (TPSA) is 15.3 Å². The molecule has 0 atom stereocenters. The minimum atomic E-state index is 0.655. The molecule has 1 aromatic carbocycles. The standard InChI is InChI=1S/C13H18Cl2N2/c1-2-16-11-5-7-17(8-6-11)13-4-3-10(14)9-12(13)15/h3-4,9,11,16H,2,5-8H2,1H3. The second kappa shape index (κ2) is 5.94. The molecule has 1 aliphatic heterocycles. The number of hydrogen-bond acceptors (Lipinski definition) is 2. The van der Waals surface area contributed by atoms with E-state index in [0.29, 0.717) is 11.1 Å². The molecule has 0 aromatic heterocycles. The predicted molar refractivity (Wildman–Crippen MR) is 75.4 cm³/mol. The number of hydrogen-bond donors (Lipinski definition) is 1. The van der Waals surface area contributed by atoms with Crippen LogP contribution in [0.15, 0.2) is 18.2 Å². The maximum absolute atomic E-state index is 6.22. The van der Waals surface area contributed by atoms with Gasteiger partial charge in [0.25, 0.3) is 0 Å². The third-order valence-electron chi connectivity index (χ3n) is 3.24. The molecule has 1 aliphatic rings. The largest absolute Gasteiger partial charge is 0.370 e. The van der Waals surface area contributed by atoms with Gasteiger partial charge in [0, 0.05) is 24.2 Å². The number of benzene rings is 1. The van der Waals surface area contributed by atoms with Crippen LogP contribution in [0.1, 0.15) is 19.8 Å². The Kier molecular flexibility index (Phi) is 4.55. The Balaban J connectivity index is 2.00. The van der Waals surface area contributed by atoms with E-state index < -0.39 is 0 Å². The molecule has 1 heterocycles. The molecule has 0 unspecified atom stereocenters. The zero-order valence-electron chi connectivity index (χ0n) is 10.0. The van der Waals surface area contributed by atoms with Crippen LogP contribution in [-0.2, 0) is 0 Å². The van der Waals surface area contributed by atoms with Crippen LogP contribution in [0.5, 0.6) is 0 Å². The quantitative estimate of drug-likeness (QED) is 0.905. The molecular weight excluding hydrogens is 255 g/mol. The Morgan fingerprint density at radius 2 is 2.00 bits per heavy atom. The molecule has 1 aromatic rings. The second-order valence-corrected chi connectivity index (χ2v) is 5.26. The highest BCUT2D eigenvalue weighted by atomic mass is 35.5. The van der Waals surface area contributed by atoms with Crippen molar-refractivity contribution < 1.29 is 0 Å². The van der Waals surface area contributed by atoms with Crippen molar-refractivity contribution in [3.05, 3.63) is 28.2 Å². The van der Waals surface area contributed by atoms with Gasteiger partial charge in [0.1, 0.15) is 0 Å². The Morgan fingerprint density at radius 1 is 1.29 bits per heavy atom. The third-order valence-corrected chi connectivity index (χ3v) is 3.78. The average Bonchev–Trinajstić information content (AvgIpc) is 2.31. The summed E-state index contributed by atoms with van der Waals surface area (Å²) >= 11 is 12.1. The van der Waals surface area contributed by atoms with Crippen molar-refractivity contribution in [2.45, 2.75) is 25.8 Å². The van der Waals surface area contributed by atoms with E-state index in [2.05, 4.69) is 17.1 Å². The van der Waals surface area contributed by atoms with Gasteiger partial charge < -0.3 is 10.2 Å². The van der Waals surface area contributed by atoms with Crippen LogP contribution in [0.25, 0.3) is 0 Å². The first kappa shape index (κ1) is 13.0. The molecule has 0 aliphatic carbocycles. The van der Waals surface area contributed by atoms with Gasteiger partial charge in [-0.2, -0.15) is 0 Å². The van der Waals surface area contributed by atoms with Gasteiger partial charge in [0.2, 0.25) is 0 Å². The Bertz CT molecular complexity index is 374. The number of halogens is 2. The first-order valence-electron chi connectivity index (χ1n) is 6.14. The summed E-state index contributed by atoms with van der Waals surface area (Å²) in [6.07, 6.45) is 2.35. The molecule has 0 saturated carbocycles. The molecule has 4 heteroatoms. The minimum Gasteiger partial charge on any atom is -0.370 e. The smallest absolute Gasteiger partial charge is 0.0654 e. The fourth-order valence-corrected chi connectivity index (χ4v) is 2.88. The van der Waals surface area contributed by atoms with Crippen LogP contribution in [-0.4, -0.2) is 25.7 Å². The number of nitrogens with zero attached hydrogens (tertiary/aromatic N) is 1. The molecule has 1 fully saturated rings. The van der Waals surface area contributed by atoms with Crippen LogP contribution in [0.2, 0.25) is 10.0 Å². The molecule has 2 rings (SSSR count). The van der Waals surface area contributed by atoms with Crippen molar-refractivity contribution >= 4 is 28.9 Å². The van der Waals surface area contributed by atoms with E-state index in [1.165, 1.54) is 12.8 Å². The van der Waals surface area contributed by atoms with Gasteiger partial charge in [-0.1, -0.05) is 30.1 Å². The molecule has 0 bridgehead atoms. The number of anilines is 1. The van der Waals surface area contributed by atoms with Crippen LogP contribution in [0.4, 0.5) is 5.69 Å². The summed E-state index contributed by atoms with van der Waals surface area (Å²) in [4.78, 5) is 2.34. The molecule has 0 amide bonds. The Hall–Kier alpha value is -0.440. The monoisotopic (exact) mass is 272 g/mol. The summed E-state index contributed by atoms with van der Waals surface area (Å²) < 4.78 is 0. The zero-order valence-corrected chi connectivity index (χ0v) is 11.6. The van der Waals surface area contributed by atoms with E-state index in [1.807, 2.05) is 18.2 Å². The van der Waals surface area contributed by atoms with Gasteiger partial charge in [-0.25, -0.2) is 0 Å². The molecule has 17 heavy (non-hydrogen) atoms. The molecule has 0 spiro atoms. The lowest BCUT2D eigenvalue weighted by molar-refractivity contribution is 0.424. The minimum absolute atomic E-state index is 0.655. The van der Waals surface area contributed by atoms with Crippen molar-refractivity contribution in [1.29, 1.82) is 0 Å². The van der Waals surface area contributed by atoms with Gasteiger partial charge in [-0.15, -0.1) is 0 Å². The van der Waals surface area contributed by atoms with Gasteiger partial charge in [-0.3, -0.25) is 0 Å². The van der Waals surface area contributed by atoms with Gasteiger partial charge >= 0.3 is 0 Å². The molecule has 0 radical (unpaired) electrons. The maximum atomic E-state index is 6.22. The van der Waals surface area contributed by atoms with Crippen LogP contribution < -0.4 is 10.2 Å². The third kappa shape index (κ3) is 3.27. The Morgan fingerprint density at radius 3 is 2.59 bits per heavy atom. The van der Waals surface area contributed by atoms with Gasteiger partial charge in [-0.05, 0) is 37.6 Å².